The SMILES string of the molecule is COC(=O)c1ccc(B2OC(C)(C)C(C)(C)O2)cc1.COC(=O)c1ccc(B2OC(C)(C)C(C)(C)O2)cc1. The first-order valence-electron chi connectivity index (χ1n) is 12.6. The summed E-state index contributed by atoms with van der Waals surface area (Å²) >= 11 is 0. The Morgan fingerprint density at radius 2 is 0.763 bits per heavy atom. The maximum atomic E-state index is 11.4. The van der Waals surface area contributed by atoms with Gasteiger partial charge in [0.25, 0.3) is 0 Å². The zero-order chi connectivity index (χ0) is 28.5. The highest BCUT2D eigenvalue weighted by Gasteiger charge is 2.52. The van der Waals surface area contributed by atoms with Crippen LogP contribution in [-0.4, -0.2) is 62.8 Å². The molecule has 2 saturated heterocycles. The van der Waals surface area contributed by atoms with E-state index in [0.29, 0.717) is 11.1 Å². The minimum absolute atomic E-state index is 0.347. The van der Waals surface area contributed by atoms with Crippen LogP contribution < -0.4 is 10.9 Å². The smallest absolute Gasteiger partial charge is 0.465 e. The van der Waals surface area contributed by atoms with Gasteiger partial charge >= 0.3 is 26.2 Å². The quantitative estimate of drug-likeness (QED) is 0.444. The molecule has 4 rings (SSSR count). The van der Waals surface area contributed by atoms with Gasteiger partial charge in [-0.1, -0.05) is 24.3 Å². The molecule has 2 heterocycles. The number of hydrogen-bond acceptors (Lipinski definition) is 8. The normalized spacial score (nSPS) is 20.4. The number of benzene rings is 2. The Bertz CT molecular complexity index is 1020. The molecule has 38 heavy (non-hydrogen) atoms. The molecule has 2 aliphatic rings. The van der Waals surface area contributed by atoms with Gasteiger partial charge in [0.1, 0.15) is 0 Å². The molecule has 0 spiro atoms. The molecule has 2 aliphatic heterocycles. The van der Waals surface area contributed by atoms with Gasteiger partial charge in [-0.05, 0) is 90.6 Å². The summed E-state index contributed by atoms with van der Waals surface area (Å²) in [5.74, 6) is -0.694. The van der Waals surface area contributed by atoms with Crippen LogP contribution in [0.5, 0.6) is 0 Å². The van der Waals surface area contributed by atoms with Crippen LogP contribution in [0, 0.1) is 0 Å². The Hall–Kier alpha value is -2.65. The maximum Gasteiger partial charge on any atom is 0.494 e. The molecular weight excluding hydrogens is 486 g/mol. The largest absolute Gasteiger partial charge is 0.494 e. The number of rotatable bonds is 4. The standard InChI is InChI=1S/2C14H19BO4/c2*1-13(2)14(3,4)19-15(18-13)11-8-6-10(7-9-11)12(16)17-5/h2*6-9H,1-5H3. The average Bonchev–Trinajstić information content (AvgIpc) is 3.23. The molecule has 2 fully saturated rings. The fraction of sp³-hybridized carbons (Fsp3) is 0.500. The molecule has 0 saturated carbocycles. The molecule has 0 N–H and O–H groups in total. The Balaban J connectivity index is 0.000000211. The number of carbonyl (C=O) groups is 2. The van der Waals surface area contributed by atoms with E-state index in [0.717, 1.165) is 10.9 Å². The zero-order valence-corrected chi connectivity index (χ0v) is 24.0. The summed E-state index contributed by atoms with van der Waals surface area (Å²) in [7, 11) is 1.92. The Kier molecular flexibility index (Phi) is 8.53. The monoisotopic (exact) mass is 524 g/mol. The van der Waals surface area contributed by atoms with E-state index in [9.17, 15) is 9.59 Å². The third-order valence-electron chi connectivity index (χ3n) is 7.71. The van der Waals surface area contributed by atoms with E-state index in [-0.39, 0.29) is 34.3 Å². The lowest BCUT2D eigenvalue weighted by Crippen LogP contribution is -2.41. The molecule has 0 aromatic heterocycles. The first-order valence-corrected chi connectivity index (χ1v) is 12.6. The van der Waals surface area contributed by atoms with Crippen molar-refractivity contribution in [3.8, 4) is 0 Å². The fourth-order valence-electron chi connectivity index (χ4n) is 3.75. The van der Waals surface area contributed by atoms with Gasteiger partial charge in [-0.3, -0.25) is 0 Å². The van der Waals surface area contributed by atoms with Gasteiger partial charge in [0.2, 0.25) is 0 Å². The molecule has 8 nitrogen and oxygen atoms in total. The zero-order valence-electron chi connectivity index (χ0n) is 24.0. The van der Waals surface area contributed by atoms with Crippen LogP contribution in [0.15, 0.2) is 48.5 Å². The van der Waals surface area contributed by atoms with Crippen LogP contribution in [0.2, 0.25) is 0 Å². The van der Waals surface area contributed by atoms with E-state index in [1.54, 1.807) is 24.3 Å². The number of esters is 2. The number of hydrogen-bond donors (Lipinski definition) is 0. The topological polar surface area (TPSA) is 89.5 Å². The summed E-state index contributed by atoms with van der Waals surface area (Å²) in [6.45, 7) is 16.1. The van der Waals surface area contributed by atoms with E-state index in [2.05, 4.69) is 9.47 Å². The second kappa shape index (κ2) is 10.8. The second-order valence-corrected chi connectivity index (χ2v) is 11.4. The van der Waals surface area contributed by atoms with Gasteiger partial charge in [-0.25, -0.2) is 9.59 Å². The lowest BCUT2D eigenvalue weighted by molar-refractivity contribution is 0.00578. The fourth-order valence-corrected chi connectivity index (χ4v) is 3.75. The highest BCUT2D eigenvalue weighted by Crippen LogP contribution is 2.37. The van der Waals surface area contributed by atoms with Crippen molar-refractivity contribution in [3.05, 3.63) is 59.7 Å². The summed E-state index contributed by atoms with van der Waals surface area (Å²) in [5.41, 5.74) is 1.37. The molecule has 204 valence electrons. The summed E-state index contributed by atoms with van der Waals surface area (Å²) < 4.78 is 33.1. The molecule has 0 aliphatic carbocycles. The number of methoxy groups -OCH3 is 2. The van der Waals surface area contributed by atoms with Gasteiger partial charge in [-0.15, -0.1) is 0 Å². The van der Waals surface area contributed by atoms with Gasteiger partial charge in [0, 0.05) is 0 Å². The van der Waals surface area contributed by atoms with Crippen molar-refractivity contribution >= 4 is 37.1 Å². The van der Waals surface area contributed by atoms with Crippen molar-refractivity contribution in [3.63, 3.8) is 0 Å². The highest BCUT2D eigenvalue weighted by atomic mass is 16.7. The maximum absolute atomic E-state index is 11.4. The average molecular weight is 524 g/mol. The molecular formula is C28H38B2O8. The predicted molar refractivity (Wildman–Crippen MR) is 147 cm³/mol. The van der Waals surface area contributed by atoms with Crippen molar-refractivity contribution in [2.24, 2.45) is 0 Å². The lowest BCUT2D eigenvalue weighted by Gasteiger charge is -2.32. The van der Waals surface area contributed by atoms with Gasteiger partial charge in [0.05, 0.1) is 47.8 Å². The van der Waals surface area contributed by atoms with Crippen molar-refractivity contribution in [1.82, 2.24) is 0 Å². The third-order valence-corrected chi connectivity index (χ3v) is 7.71. The van der Waals surface area contributed by atoms with E-state index < -0.39 is 14.2 Å². The van der Waals surface area contributed by atoms with E-state index in [4.69, 9.17) is 18.6 Å². The predicted octanol–water partition coefficient (Wildman–Crippen LogP) is 3.54. The molecule has 10 heteroatoms. The Morgan fingerprint density at radius 1 is 0.526 bits per heavy atom. The van der Waals surface area contributed by atoms with Crippen molar-refractivity contribution in [2.75, 3.05) is 14.2 Å². The van der Waals surface area contributed by atoms with Crippen LogP contribution in [0.1, 0.15) is 76.1 Å². The molecule has 0 atom stereocenters. The van der Waals surface area contributed by atoms with Gasteiger partial charge < -0.3 is 28.1 Å². The Morgan fingerprint density at radius 3 is 0.974 bits per heavy atom. The molecule has 0 unspecified atom stereocenters. The third kappa shape index (κ3) is 6.15. The minimum Gasteiger partial charge on any atom is -0.465 e. The minimum atomic E-state index is -0.406. The van der Waals surface area contributed by atoms with Crippen LogP contribution in [0.25, 0.3) is 0 Å². The Labute approximate surface area is 226 Å². The van der Waals surface area contributed by atoms with E-state index >= 15 is 0 Å². The summed E-state index contributed by atoms with van der Waals surface area (Å²) in [5, 5.41) is 0. The molecule has 0 amide bonds. The van der Waals surface area contributed by atoms with Crippen LogP contribution in [-0.2, 0) is 28.1 Å². The summed E-state index contributed by atoms with van der Waals surface area (Å²) in [4.78, 5) is 22.7. The highest BCUT2D eigenvalue weighted by molar-refractivity contribution is 6.62. The molecule has 0 radical (unpaired) electrons. The van der Waals surface area contributed by atoms with Crippen LogP contribution >= 0.6 is 0 Å². The molecule has 2 aromatic rings. The van der Waals surface area contributed by atoms with Crippen LogP contribution in [0.3, 0.4) is 0 Å². The van der Waals surface area contributed by atoms with E-state index in [1.165, 1.54) is 14.2 Å². The number of carbonyl (C=O) groups excluding carboxylic acids is 2. The van der Waals surface area contributed by atoms with Gasteiger partial charge in [-0.2, -0.15) is 0 Å². The summed E-state index contributed by atoms with van der Waals surface area (Å²) in [6, 6.07) is 14.2. The van der Waals surface area contributed by atoms with E-state index in [1.807, 2.05) is 79.7 Å². The second-order valence-electron chi connectivity index (χ2n) is 11.4. The van der Waals surface area contributed by atoms with Crippen molar-refractivity contribution in [2.45, 2.75) is 77.8 Å². The van der Waals surface area contributed by atoms with Crippen molar-refractivity contribution < 1.29 is 37.7 Å². The molecule has 2 aromatic carbocycles. The first kappa shape index (κ1) is 29.9. The first-order chi connectivity index (χ1) is 17.5. The summed E-state index contributed by atoms with van der Waals surface area (Å²) in [6.07, 6.45) is 0. The van der Waals surface area contributed by atoms with Crippen molar-refractivity contribution in [1.29, 1.82) is 0 Å². The van der Waals surface area contributed by atoms with Gasteiger partial charge in [0.15, 0.2) is 0 Å². The molecule has 0 bridgehead atoms. The number of ether oxygens (including phenoxy) is 2. The lowest BCUT2D eigenvalue weighted by atomic mass is 9.79. The van der Waals surface area contributed by atoms with Crippen LogP contribution in [0.4, 0.5) is 0 Å².